The number of ether oxygens (including phenoxy) is 2. The number of methoxy groups -OCH3 is 2. The fraction of sp³-hybridized carbons (Fsp3) is 0.308. The lowest BCUT2D eigenvalue weighted by atomic mass is 9.84. The number of hydrogen-bond acceptors (Lipinski definition) is 5. The SMILES string of the molecule is COc1ccc(OC)c(/C=C(/C#N)c2nc(-c3ccc(C4CCCCC4)cc3)cs2)c1. The predicted molar refractivity (Wildman–Crippen MR) is 126 cm³/mol. The largest absolute Gasteiger partial charge is 0.497 e. The third-order valence-corrected chi connectivity index (χ3v) is 6.75. The summed E-state index contributed by atoms with van der Waals surface area (Å²) in [6.45, 7) is 0. The molecule has 0 spiro atoms. The van der Waals surface area contributed by atoms with Gasteiger partial charge in [0.05, 0.1) is 25.5 Å². The number of benzene rings is 2. The van der Waals surface area contributed by atoms with Gasteiger partial charge in [-0.1, -0.05) is 43.5 Å². The lowest BCUT2D eigenvalue weighted by Gasteiger charge is -2.22. The van der Waals surface area contributed by atoms with Crippen molar-refractivity contribution in [2.75, 3.05) is 14.2 Å². The van der Waals surface area contributed by atoms with Crippen LogP contribution in [0, 0.1) is 11.3 Å². The van der Waals surface area contributed by atoms with Crippen LogP contribution < -0.4 is 9.47 Å². The molecule has 0 amide bonds. The maximum Gasteiger partial charge on any atom is 0.134 e. The molecule has 1 aliphatic carbocycles. The van der Waals surface area contributed by atoms with Crippen molar-refractivity contribution in [2.24, 2.45) is 0 Å². The maximum absolute atomic E-state index is 9.77. The predicted octanol–water partition coefficient (Wildman–Crippen LogP) is 6.94. The Labute approximate surface area is 187 Å². The minimum atomic E-state index is 0.502. The van der Waals surface area contributed by atoms with Crippen LogP contribution in [0.4, 0.5) is 0 Å². The summed E-state index contributed by atoms with van der Waals surface area (Å²) >= 11 is 1.48. The smallest absolute Gasteiger partial charge is 0.134 e. The van der Waals surface area contributed by atoms with E-state index < -0.39 is 0 Å². The van der Waals surface area contributed by atoms with Crippen LogP contribution in [-0.2, 0) is 0 Å². The first-order valence-corrected chi connectivity index (χ1v) is 11.5. The highest BCUT2D eigenvalue weighted by Gasteiger charge is 2.16. The molecule has 0 atom stereocenters. The first-order chi connectivity index (χ1) is 15.2. The number of hydrogen-bond donors (Lipinski definition) is 0. The van der Waals surface area contributed by atoms with Gasteiger partial charge in [0, 0.05) is 16.5 Å². The van der Waals surface area contributed by atoms with Gasteiger partial charge in [-0.2, -0.15) is 5.26 Å². The van der Waals surface area contributed by atoms with E-state index >= 15 is 0 Å². The summed E-state index contributed by atoms with van der Waals surface area (Å²) < 4.78 is 10.7. The zero-order chi connectivity index (χ0) is 21.6. The van der Waals surface area contributed by atoms with E-state index in [0.717, 1.165) is 16.8 Å². The minimum Gasteiger partial charge on any atom is -0.497 e. The summed E-state index contributed by atoms with van der Waals surface area (Å²) in [5, 5.41) is 12.5. The van der Waals surface area contributed by atoms with Gasteiger partial charge in [-0.05, 0) is 48.6 Å². The third-order valence-electron chi connectivity index (χ3n) is 5.87. The van der Waals surface area contributed by atoms with Gasteiger partial charge in [-0.25, -0.2) is 4.98 Å². The van der Waals surface area contributed by atoms with Gasteiger partial charge < -0.3 is 9.47 Å². The zero-order valence-electron chi connectivity index (χ0n) is 17.9. The topological polar surface area (TPSA) is 55.1 Å². The van der Waals surface area contributed by atoms with Gasteiger partial charge in [-0.15, -0.1) is 11.3 Å². The third kappa shape index (κ3) is 4.81. The molecule has 1 heterocycles. The highest BCUT2D eigenvalue weighted by Crippen LogP contribution is 2.34. The van der Waals surface area contributed by atoms with Gasteiger partial charge in [0.25, 0.3) is 0 Å². The van der Waals surface area contributed by atoms with Crippen LogP contribution in [0.3, 0.4) is 0 Å². The molecule has 158 valence electrons. The van der Waals surface area contributed by atoms with Crippen LogP contribution in [-0.4, -0.2) is 19.2 Å². The van der Waals surface area contributed by atoms with Crippen molar-refractivity contribution in [3.05, 3.63) is 64.0 Å². The van der Waals surface area contributed by atoms with E-state index in [1.54, 1.807) is 20.3 Å². The Morgan fingerprint density at radius 2 is 1.84 bits per heavy atom. The molecule has 1 aliphatic rings. The van der Waals surface area contributed by atoms with Crippen molar-refractivity contribution < 1.29 is 9.47 Å². The van der Waals surface area contributed by atoms with Crippen LogP contribution >= 0.6 is 11.3 Å². The second-order valence-corrected chi connectivity index (χ2v) is 8.63. The van der Waals surface area contributed by atoms with E-state index in [1.165, 1.54) is 49.0 Å². The second-order valence-electron chi connectivity index (χ2n) is 7.77. The van der Waals surface area contributed by atoms with E-state index in [1.807, 2.05) is 23.6 Å². The summed E-state index contributed by atoms with van der Waals surface area (Å²) in [7, 11) is 3.23. The molecule has 0 aliphatic heterocycles. The molecule has 0 saturated heterocycles. The highest BCUT2D eigenvalue weighted by molar-refractivity contribution is 7.11. The number of aromatic nitrogens is 1. The molecule has 1 fully saturated rings. The first-order valence-electron chi connectivity index (χ1n) is 10.6. The Morgan fingerprint density at radius 1 is 1.06 bits per heavy atom. The fourth-order valence-electron chi connectivity index (χ4n) is 4.14. The standard InChI is InChI=1S/C26H26N2O2S/c1-29-23-12-13-25(30-2)21(15-23)14-22(16-27)26-28-24(17-31-26)20-10-8-19(9-11-20)18-6-4-3-5-7-18/h8-15,17-18H,3-7H2,1-2H3/b22-14-. The van der Waals surface area contributed by atoms with Crippen molar-refractivity contribution in [3.63, 3.8) is 0 Å². The minimum absolute atomic E-state index is 0.502. The molecular weight excluding hydrogens is 404 g/mol. The molecule has 4 rings (SSSR count). The van der Waals surface area contributed by atoms with Gasteiger partial charge in [0.2, 0.25) is 0 Å². The Hall–Kier alpha value is -3.10. The summed E-state index contributed by atoms with van der Waals surface area (Å²) in [6.07, 6.45) is 8.43. The number of nitrogens with zero attached hydrogens (tertiary/aromatic N) is 2. The molecule has 2 aromatic carbocycles. The molecule has 0 unspecified atom stereocenters. The quantitative estimate of drug-likeness (QED) is 0.398. The van der Waals surface area contributed by atoms with Gasteiger partial charge in [0.1, 0.15) is 22.6 Å². The number of rotatable bonds is 6. The lowest BCUT2D eigenvalue weighted by Crippen LogP contribution is -2.04. The second kappa shape index (κ2) is 9.80. The molecule has 0 bridgehead atoms. The van der Waals surface area contributed by atoms with Crippen LogP contribution in [0.25, 0.3) is 22.9 Å². The van der Waals surface area contributed by atoms with Crippen LogP contribution in [0.1, 0.15) is 54.2 Å². The molecule has 0 N–H and O–H groups in total. The molecule has 0 radical (unpaired) electrons. The van der Waals surface area contributed by atoms with Crippen molar-refractivity contribution >= 4 is 23.0 Å². The average molecular weight is 431 g/mol. The van der Waals surface area contributed by atoms with Crippen molar-refractivity contribution in [1.82, 2.24) is 4.98 Å². The van der Waals surface area contributed by atoms with Crippen molar-refractivity contribution in [2.45, 2.75) is 38.0 Å². The summed E-state index contributed by atoms with van der Waals surface area (Å²) in [6, 6.07) is 16.6. The summed E-state index contributed by atoms with van der Waals surface area (Å²) in [5.41, 5.74) is 4.70. The normalized spacial score (nSPS) is 14.8. The van der Waals surface area contributed by atoms with Gasteiger partial charge in [0.15, 0.2) is 0 Å². The van der Waals surface area contributed by atoms with E-state index in [2.05, 4.69) is 30.3 Å². The van der Waals surface area contributed by atoms with E-state index in [4.69, 9.17) is 14.5 Å². The zero-order valence-corrected chi connectivity index (χ0v) is 18.7. The average Bonchev–Trinajstić information content (AvgIpc) is 3.33. The molecular formula is C26H26N2O2S. The summed E-state index contributed by atoms with van der Waals surface area (Å²) in [5.74, 6) is 2.09. The lowest BCUT2D eigenvalue weighted by molar-refractivity contribution is 0.402. The van der Waals surface area contributed by atoms with Crippen molar-refractivity contribution in [1.29, 1.82) is 5.26 Å². The maximum atomic E-state index is 9.77. The summed E-state index contributed by atoms with van der Waals surface area (Å²) in [4.78, 5) is 4.74. The molecule has 5 heteroatoms. The Kier molecular flexibility index (Phi) is 6.69. The van der Waals surface area contributed by atoms with Crippen molar-refractivity contribution in [3.8, 4) is 28.8 Å². The van der Waals surface area contributed by atoms with Crippen LogP contribution in [0.15, 0.2) is 47.8 Å². The Balaban J connectivity index is 1.59. The number of nitriles is 1. The monoisotopic (exact) mass is 430 g/mol. The molecule has 4 nitrogen and oxygen atoms in total. The Bertz CT molecular complexity index is 1100. The van der Waals surface area contributed by atoms with Gasteiger partial charge >= 0.3 is 0 Å². The van der Waals surface area contributed by atoms with Gasteiger partial charge in [-0.3, -0.25) is 0 Å². The van der Waals surface area contributed by atoms with Crippen LogP contribution in [0.2, 0.25) is 0 Å². The fourth-order valence-corrected chi connectivity index (χ4v) is 4.94. The molecule has 1 aromatic heterocycles. The molecule has 3 aromatic rings. The Morgan fingerprint density at radius 3 is 2.52 bits per heavy atom. The van der Waals surface area contributed by atoms with E-state index in [0.29, 0.717) is 28.0 Å². The highest BCUT2D eigenvalue weighted by atomic mass is 32.1. The molecule has 31 heavy (non-hydrogen) atoms. The number of allylic oxidation sites excluding steroid dienone is 1. The van der Waals surface area contributed by atoms with E-state index in [-0.39, 0.29) is 0 Å². The number of thiazole rings is 1. The molecule has 1 saturated carbocycles. The first kappa shape index (κ1) is 21.1. The van der Waals surface area contributed by atoms with E-state index in [9.17, 15) is 5.26 Å². The van der Waals surface area contributed by atoms with Crippen LogP contribution in [0.5, 0.6) is 11.5 Å².